The molecular weight excluding hydrogens is 358 g/mol. The maximum absolute atomic E-state index is 13.8. The van der Waals surface area contributed by atoms with Crippen LogP contribution in [0.4, 0.5) is 17.6 Å². The monoisotopic (exact) mass is 367 g/mol. The van der Waals surface area contributed by atoms with Crippen LogP contribution in [0.1, 0.15) is 31.4 Å². The molecule has 1 saturated carbocycles. The molecule has 23 heavy (non-hydrogen) atoms. The van der Waals surface area contributed by atoms with Crippen molar-refractivity contribution in [2.24, 2.45) is 0 Å². The van der Waals surface area contributed by atoms with Gasteiger partial charge in [0.15, 0.2) is 11.5 Å². The molecule has 0 saturated heterocycles. The Morgan fingerprint density at radius 3 is 2.57 bits per heavy atom. The van der Waals surface area contributed by atoms with E-state index >= 15 is 0 Å². The van der Waals surface area contributed by atoms with E-state index in [1.165, 1.54) is 0 Å². The fourth-order valence-electron chi connectivity index (χ4n) is 2.36. The van der Waals surface area contributed by atoms with Crippen LogP contribution in [-0.2, 0) is 6.18 Å². The molecule has 2 aromatic rings. The molecule has 0 aliphatic heterocycles. The summed E-state index contributed by atoms with van der Waals surface area (Å²) >= 11 is 6.17. The summed E-state index contributed by atoms with van der Waals surface area (Å²) in [6, 6.07) is 0. The Morgan fingerprint density at radius 1 is 1.22 bits per heavy atom. The Hall–Kier alpha value is -1.48. The molecule has 1 aliphatic carbocycles. The van der Waals surface area contributed by atoms with Crippen LogP contribution in [0.3, 0.4) is 0 Å². The van der Waals surface area contributed by atoms with Gasteiger partial charge < -0.3 is 4.74 Å². The summed E-state index contributed by atoms with van der Waals surface area (Å²) < 4.78 is 58.9. The fourth-order valence-corrected chi connectivity index (χ4v) is 3.48. The summed E-state index contributed by atoms with van der Waals surface area (Å²) in [6.07, 6.45) is -0.729. The third kappa shape index (κ3) is 3.55. The van der Waals surface area contributed by atoms with Gasteiger partial charge in [-0.05, 0) is 37.3 Å². The van der Waals surface area contributed by atoms with Gasteiger partial charge in [0, 0.05) is 0 Å². The first-order valence-electron chi connectivity index (χ1n) is 6.77. The smallest absolute Gasteiger partial charge is 0.435 e. The van der Waals surface area contributed by atoms with E-state index in [4.69, 9.17) is 16.3 Å². The Labute approximate surface area is 137 Å². The maximum atomic E-state index is 13.8. The quantitative estimate of drug-likeness (QED) is 0.581. The second-order valence-corrected chi connectivity index (χ2v) is 6.31. The third-order valence-corrected chi connectivity index (χ3v) is 4.51. The second-order valence-electron chi connectivity index (χ2n) is 5.02. The SMILES string of the molecule is Fc1cnc(Cl)nc1-c1sc(OC2CCCC2)nc1C(F)(F)F. The van der Waals surface area contributed by atoms with Gasteiger partial charge in [-0.3, -0.25) is 0 Å². The van der Waals surface area contributed by atoms with E-state index in [0.717, 1.165) is 31.9 Å². The Kier molecular flexibility index (Phi) is 4.41. The molecule has 0 N–H and O–H groups in total. The van der Waals surface area contributed by atoms with Crippen LogP contribution in [0, 0.1) is 5.82 Å². The van der Waals surface area contributed by atoms with Crippen molar-refractivity contribution in [3.8, 4) is 15.8 Å². The van der Waals surface area contributed by atoms with Crippen LogP contribution in [0.2, 0.25) is 5.28 Å². The minimum atomic E-state index is -4.76. The van der Waals surface area contributed by atoms with Crippen molar-refractivity contribution in [3.05, 3.63) is 23.0 Å². The highest BCUT2D eigenvalue weighted by molar-refractivity contribution is 7.17. The molecule has 0 bridgehead atoms. The molecule has 1 aliphatic rings. The first-order chi connectivity index (χ1) is 10.8. The van der Waals surface area contributed by atoms with Crippen LogP contribution in [-0.4, -0.2) is 21.1 Å². The average molecular weight is 368 g/mol. The highest BCUT2D eigenvalue weighted by Gasteiger charge is 2.40. The standard InChI is InChI=1S/C13H10ClF4N3OS/c14-11-19-5-7(15)8(20-11)9-10(13(16,17)18)21-12(23-9)22-6-3-1-2-4-6/h5-6H,1-4H2. The Balaban J connectivity index is 2.03. The summed E-state index contributed by atoms with van der Waals surface area (Å²) in [5.41, 5.74) is -1.76. The molecule has 1 fully saturated rings. The van der Waals surface area contributed by atoms with Crippen LogP contribution >= 0.6 is 22.9 Å². The zero-order chi connectivity index (χ0) is 16.6. The predicted molar refractivity (Wildman–Crippen MR) is 76.0 cm³/mol. The molecule has 10 heteroatoms. The minimum Gasteiger partial charge on any atom is -0.467 e. The molecule has 2 aromatic heterocycles. The third-order valence-electron chi connectivity index (χ3n) is 3.38. The van der Waals surface area contributed by atoms with Crippen molar-refractivity contribution < 1.29 is 22.3 Å². The van der Waals surface area contributed by atoms with Crippen LogP contribution < -0.4 is 4.74 Å². The minimum absolute atomic E-state index is 0.145. The summed E-state index contributed by atoms with van der Waals surface area (Å²) in [5.74, 6) is -1.00. The van der Waals surface area contributed by atoms with E-state index in [2.05, 4.69) is 15.0 Å². The van der Waals surface area contributed by atoms with E-state index < -0.39 is 28.3 Å². The number of halogens is 5. The van der Waals surface area contributed by atoms with E-state index in [-0.39, 0.29) is 16.6 Å². The zero-order valence-electron chi connectivity index (χ0n) is 11.5. The Morgan fingerprint density at radius 2 is 1.91 bits per heavy atom. The van der Waals surface area contributed by atoms with Crippen molar-refractivity contribution in [2.75, 3.05) is 0 Å². The van der Waals surface area contributed by atoms with Crippen molar-refractivity contribution in [1.82, 2.24) is 15.0 Å². The number of rotatable bonds is 3. The highest BCUT2D eigenvalue weighted by Crippen LogP contribution is 2.43. The molecule has 0 radical (unpaired) electrons. The number of thiazole rings is 1. The van der Waals surface area contributed by atoms with Gasteiger partial charge in [-0.1, -0.05) is 11.3 Å². The number of hydrogen-bond donors (Lipinski definition) is 0. The lowest BCUT2D eigenvalue weighted by atomic mass is 10.2. The van der Waals surface area contributed by atoms with Gasteiger partial charge in [-0.25, -0.2) is 14.4 Å². The average Bonchev–Trinajstić information content (AvgIpc) is 3.11. The zero-order valence-corrected chi connectivity index (χ0v) is 13.1. The molecular formula is C13H10ClF4N3OS. The second kappa shape index (κ2) is 6.20. The molecule has 0 unspecified atom stereocenters. The van der Waals surface area contributed by atoms with Crippen molar-refractivity contribution in [2.45, 2.75) is 38.0 Å². The van der Waals surface area contributed by atoms with E-state index in [1.807, 2.05) is 0 Å². The van der Waals surface area contributed by atoms with Gasteiger partial charge in [0.25, 0.3) is 5.19 Å². The summed E-state index contributed by atoms with van der Waals surface area (Å²) in [4.78, 5) is 9.98. The van der Waals surface area contributed by atoms with Gasteiger partial charge in [0.1, 0.15) is 11.8 Å². The molecule has 4 nitrogen and oxygen atoms in total. The lowest BCUT2D eigenvalue weighted by Gasteiger charge is -2.08. The number of aromatic nitrogens is 3. The lowest BCUT2D eigenvalue weighted by molar-refractivity contribution is -0.140. The van der Waals surface area contributed by atoms with Crippen LogP contribution in [0.5, 0.6) is 5.19 Å². The first kappa shape index (κ1) is 16.4. The fraction of sp³-hybridized carbons (Fsp3) is 0.462. The molecule has 0 aromatic carbocycles. The van der Waals surface area contributed by atoms with Gasteiger partial charge in [0.2, 0.25) is 5.28 Å². The van der Waals surface area contributed by atoms with Crippen molar-refractivity contribution >= 4 is 22.9 Å². The molecule has 124 valence electrons. The van der Waals surface area contributed by atoms with Crippen molar-refractivity contribution in [3.63, 3.8) is 0 Å². The van der Waals surface area contributed by atoms with E-state index in [9.17, 15) is 17.6 Å². The molecule has 2 heterocycles. The number of hydrogen-bond acceptors (Lipinski definition) is 5. The van der Waals surface area contributed by atoms with Gasteiger partial charge in [-0.15, -0.1) is 0 Å². The first-order valence-corrected chi connectivity index (χ1v) is 7.97. The number of alkyl halides is 3. The molecule has 0 amide bonds. The lowest BCUT2D eigenvalue weighted by Crippen LogP contribution is -2.12. The van der Waals surface area contributed by atoms with E-state index in [0.29, 0.717) is 11.3 Å². The molecule has 0 spiro atoms. The molecule has 3 rings (SSSR count). The van der Waals surface area contributed by atoms with Gasteiger partial charge in [-0.2, -0.15) is 18.2 Å². The summed E-state index contributed by atoms with van der Waals surface area (Å²) in [6.45, 7) is 0. The Bertz CT molecular complexity index is 716. The van der Waals surface area contributed by atoms with Gasteiger partial charge in [0.05, 0.1) is 11.1 Å². The predicted octanol–water partition coefficient (Wildman–Crippen LogP) is 4.73. The van der Waals surface area contributed by atoms with E-state index in [1.54, 1.807) is 0 Å². The maximum Gasteiger partial charge on any atom is 0.435 e. The normalized spacial score (nSPS) is 16.0. The summed E-state index contributed by atoms with van der Waals surface area (Å²) in [7, 11) is 0. The summed E-state index contributed by atoms with van der Waals surface area (Å²) in [5, 5.41) is -0.491. The number of ether oxygens (including phenoxy) is 1. The topological polar surface area (TPSA) is 47.9 Å². The number of nitrogens with zero attached hydrogens (tertiary/aromatic N) is 3. The van der Waals surface area contributed by atoms with Crippen molar-refractivity contribution in [1.29, 1.82) is 0 Å². The van der Waals surface area contributed by atoms with Crippen LogP contribution in [0.15, 0.2) is 6.20 Å². The highest BCUT2D eigenvalue weighted by atomic mass is 35.5. The molecule has 0 atom stereocenters. The van der Waals surface area contributed by atoms with Gasteiger partial charge >= 0.3 is 6.18 Å². The van der Waals surface area contributed by atoms with Crippen LogP contribution in [0.25, 0.3) is 10.6 Å². The largest absolute Gasteiger partial charge is 0.467 e.